The summed E-state index contributed by atoms with van der Waals surface area (Å²) in [6.07, 6.45) is 8.21. The maximum absolute atomic E-state index is 4.40. The highest BCUT2D eigenvalue weighted by molar-refractivity contribution is 4.96. The van der Waals surface area contributed by atoms with Crippen molar-refractivity contribution in [2.24, 2.45) is 0 Å². The standard InChI is InChI=1S/C11H19N3/c1-2-13-8-11(12-10-13)9-14-6-4-3-5-7-14/h8,10H,2-7,9H2,1H3. The number of hydrogen-bond donors (Lipinski definition) is 0. The van der Waals surface area contributed by atoms with Gasteiger partial charge >= 0.3 is 0 Å². The highest BCUT2D eigenvalue weighted by Gasteiger charge is 2.11. The Morgan fingerprint density at radius 3 is 2.71 bits per heavy atom. The number of nitrogens with zero attached hydrogens (tertiary/aromatic N) is 3. The van der Waals surface area contributed by atoms with Gasteiger partial charge in [0, 0.05) is 19.3 Å². The average Bonchev–Trinajstić information content (AvgIpc) is 2.67. The summed E-state index contributed by atoms with van der Waals surface area (Å²) in [5.41, 5.74) is 1.22. The highest BCUT2D eigenvalue weighted by Crippen LogP contribution is 2.11. The molecular formula is C11H19N3. The number of imidazole rings is 1. The Hall–Kier alpha value is -0.830. The monoisotopic (exact) mass is 193 g/mol. The second-order valence-corrected chi connectivity index (χ2v) is 4.03. The van der Waals surface area contributed by atoms with Crippen molar-refractivity contribution in [1.82, 2.24) is 14.5 Å². The number of aromatic nitrogens is 2. The first-order valence-electron chi connectivity index (χ1n) is 5.61. The zero-order valence-electron chi connectivity index (χ0n) is 8.95. The van der Waals surface area contributed by atoms with Crippen molar-refractivity contribution >= 4 is 0 Å². The third-order valence-electron chi connectivity index (χ3n) is 2.89. The van der Waals surface area contributed by atoms with Crippen LogP contribution in [0.25, 0.3) is 0 Å². The van der Waals surface area contributed by atoms with Crippen molar-refractivity contribution in [2.75, 3.05) is 13.1 Å². The Kier molecular flexibility index (Phi) is 3.19. The molecule has 3 nitrogen and oxygen atoms in total. The number of aryl methyl sites for hydroxylation is 1. The largest absolute Gasteiger partial charge is 0.337 e. The number of piperidine rings is 1. The molecule has 3 heteroatoms. The second kappa shape index (κ2) is 4.60. The van der Waals surface area contributed by atoms with Crippen LogP contribution >= 0.6 is 0 Å². The van der Waals surface area contributed by atoms with Crippen LogP contribution in [0.5, 0.6) is 0 Å². The molecule has 2 rings (SSSR count). The second-order valence-electron chi connectivity index (χ2n) is 4.03. The van der Waals surface area contributed by atoms with Crippen LogP contribution in [0.15, 0.2) is 12.5 Å². The molecule has 0 saturated carbocycles. The van der Waals surface area contributed by atoms with E-state index in [1.165, 1.54) is 38.0 Å². The molecule has 0 bridgehead atoms. The summed E-state index contributed by atoms with van der Waals surface area (Å²) in [5.74, 6) is 0. The molecule has 1 aliphatic heterocycles. The average molecular weight is 193 g/mol. The van der Waals surface area contributed by atoms with Gasteiger partial charge < -0.3 is 4.57 Å². The fourth-order valence-electron chi connectivity index (χ4n) is 2.01. The molecule has 0 amide bonds. The van der Waals surface area contributed by atoms with Gasteiger partial charge in [0.2, 0.25) is 0 Å². The lowest BCUT2D eigenvalue weighted by molar-refractivity contribution is 0.219. The molecule has 0 unspecified atom stereocenters. The number of rotatable bonds is 3. The van der Waals surface area contributed by atoms with Crippen LogP contribution in [0.1, 0.15) is 31.9 Å². The Bertz CT molecular complexity index is 274. The normalized spacial score (nSPS) is 18.6. The van der Waals surface area contributed by atoms with Crippen LogP contribution in [0.2, 0.25) is 0 Å². The van der Waals surface area contributed by atoms with Gasteiger partial charge in [-0.3, -0.25) is 4.90 Å². The van der Waals surface area contributed by atoms with Gasteiger partial charge in [-0.15, -0.1) is 0 Å². The molecule has 0 N–H and O–H groups in total. The molecule has 78 valence electrons. The van der Waals surface area contributed by atoms with E-state index in [9.17, 15) is 0 Å². The first-order chi connectivity index (χ1) is 6.88. The molecule has 0 spiro atoms. The summed E-state index contributed by atoms with van der Waals surface area (Å²) in [6.45, 7) is 6.70. The van der Waals surface area contributed by atoms with Gasteiger partial charge in [0.15, 0.2) is 0 Å². The molecule has 0 atom stereocenters. The molecular weight excluding hydrogens is 174 g/mol. The summed E-state index contributed by atoms with van der Waals surface area (Å²) in [6, 6.07) is 0. The topological polar surface area (TPSA) is 21.1 Å². The van der Waals surface area contributed by atoms with E-state index in [0.29, 0.717) is 0 Å². The van der Waals surface area contributed by atoms with E-state index in [2.05, 4.69) is 27.6 Å². The molecule has 0 aliphatic carbocycles. The molecule has 1 aliphatic rings. The third-order valence-corrected chi connectivity index (χ3v) is 2.89. The van der Waals surface area contributed by atoms with Crippen LogP contribution in [0.4, 0.5) is 0 Å². The van der Waals surface area contributed by atoms with E-state index in [1.54, 1.807) is 0 Å². The van der Waals surface area contributed by atoms with E-state index < -0.39 is 0 Å². The SMILES string of the molecule is CCn1cnc(CN2CCCCC2)c1. The predicted octanol–water partition coefficient (Wildman–Crippen LogP) is 1.89. The molecule has 14 heavy (non-hydrogen) atoms. The Morgan fingerprint density at radius 1 is 1.29 bits per heavy atom. The molecule has 1 aromatic rings. The van der Waals surface area contributed by atoms with E-state index in [1.807, 2.05) is 6.33 Å². The van der Waals surface area contributed by atoms with E-state index in [0.717, 1.165) is 13.1 Å². The van der Waals surface area contributed by atoms with E-state index in [-0.39, 0.29) is 0 Å². The van der Waals surface area contributed by atoms with Crippen molar-refractivity contribution in [3.63, 3.8) is 0 Å². The first-order valence-corrected chi connectivity index (χ1v) is 5.61. The number of likely N-dealkylation sites (tertiary alicyclic amines) is 1. The molecule has 0 aromatic carbocycles. The van der Waals surface area contributed by atoms with Crippen LogP contribution in [0, 0.1) is 0 Å². The Balaban J connectivity index is 1.89. The van der Waals surface area contributed by atoms with Gasteiger partial charge in [-0.2, -0.15) is 0 Å². The summed E-state index contributed by atoms with van der Waals surface area (Å²) in [5, 5.41) is 0. The van der Waals surface area contributed by atoms with Crippen molar-refractivity contribution in [2.45, 2.75) is 39.3 Å². The van der Waals surface area contributed by atoms with Crippen molar-refractivity contribution in [3.8, 4) is 0 Å². The fourth-order valence-corrected chi connectivity index (χ4v) is 2.01. The Labute approximate surface area is 85.7 Å². The number of hydrogen-bond acceptors (Lipinski definition) is 2. The van der Waals surface area contributed by atoms with Crippen LogP contribution in [-0.2, 0) is 13.1 Å². The van der Waals surface area contributed by atoms with Crippen LogP contribution in [-0.4, -0.2) is 27.5 Å². The molecule has 1 saturated heterocycles. The summed E-state index contributed by atoms with van der Waals surface area (Å²) >= 11 is 0. The molecule has 1 fully saturated rings. The van der Waals surface area contributed by atoms with Crippen molar-refractivity contribution < 1.29 is 0 Å². The predicted molar refractivity (Wildman–Crippen MR) is 57.0 cm³/mol. The smallest absolute Gasteiger partial charge is 0.0949 e. The minimum Gasteiger partial charge on any atom is -0.337 e. The van der Waals surface area contributed by atoms with E-state index in [4.69, 9.17) is 0 Å². The zero-order chi connectivity index (χ0) is 9.80. The van der Waals surface area contributed by atoms with Gasteiger partial charge in [-0.1, -0.05) is 6.42 Å². The maximum atomic E-state index is 4.40. The molecule has 1 aromatic heterocycles. The molecule has 2 heterocycles. The highest BCUT2D eigenvalue weighted by atomic mass is 15.1. The first kappa shape index (κ1) is 9.71. The minimum atomic E-state index is 1.02. The van der Waals surface area contributed by atoms with Gasteiger partial charge in [-0.25, -0.2) is 4.98 Å². The van der Waals surface area contributed by atoms with E-state index >= 15 is 0 Å². The summed E-state index contributed by atoms with van der Waals surface area (Å²) < 4.78 is 2.14. The van der Waals surface area contributed by atoms with Gasteiger partial charge in [0.05, 0.1) is 12.0 Å². The lowest BCUT2D eigenvalue weighted by Gasteiger charge is -2.25. The maximum Gasteiger partial charge on any atom is 0.0949 e. The van der Waals surface area contributed by atoms with Crippen LogP contribution < -0.4 is 0 Å². The summed E-state index contributed by atoms with van der Waals surface area (Å²) in [4.78, 5) is 6.91. The fraction of sp³-hybridized carbons (Fsp3) is 0.727. The van der Waals surface area contributed by atoms with Gasteiger partial charge in [-0.05, 0) is 32.9 Å². The quantitative estimate of drug-likeness (QED) is 0.731. The lowest BCUT2D eigenvalue weighted by Crippen LogP contribution is -2.29. The summed E-state index contributed by atoms with van der Waals surface area (Å²) in [7, 11) is 0. The van der Waals surface area contributed by atoms with Gasteiger partial charge in [0.25, 0.3) is 0 Å². The zero-order valence-corrected chi connectivity index (χ0v) is 8.95. The third kappa shape index (κ3) is 2.35. The minimum absolute atomic E-state index is 1.02. The Morgan fingerprint density at radius 2 is 2.07 bits per heavy atom. The lowest BCUT2D eigenvalue weighted by atomic mass is 10.1. The van der Waals surface area contributed by atoms with Gasteiger partial charge in [0.1, 0.15) is 0 Å². The van der Waals surface area contributed by atoms with Crippen molar-refractivity contribution in [1.29, 1.82) is 0 Å². The molecule has 0 radical (unpaired) electrons. The van der Waals surface area contributed by atoms with Crippen LogP contribution in [0.3, 0.4) is 0 Å². The van der Waals surface area contributed by atoms with Crippen molar-refractivity contribution in [3.05, 3.63) is 18.2 Å².